The van der Waals surface area contributed by atoms with Crippen molar-refractivity contribution in [3.63, 3.8) is 0 Å². The van der Waals surface area contributed by atoms with Gasteiger partial charge in [0.1, 0.15) is 5.76 Å². The van der Waals surface area contributed by atoms with E-state index in [-0.39, 0.29) is 29.8 Å². The molecule has 1 N–H and O–H groups in total. The van der Waals surface area contributed by atoms with E-state index >= 15 is 0 Å². The standard InChI is InChI=1S/C10H14N2O3/c1-6(2)9(13)5-11-10(14)8-4-7(3)15-12-8/h4,6H,5H2,1-3H3,(H,11,14). The van der Waals surface area contributed by atoms with Crippen molar-refractivity contribution in [3.8, 4) is 0 Å². The van der Waals surface area contributed by atoms with Crippen LogP contribution in [0.2, 0.25) is 0 Å². The first-order valence-electron chi connectivity index (χ1n) is 4.75. The summed E-state index contributed by atoms with van der Waals surface area (Å²) < 4.78 is 4.74. The van der Waals surface area contributed by atoms with Crippen LogP contribution in [0.4, 0.5) is 0 Å². The lowest BCUT2D eigenvalue weighted by Gasteiger charge is -2.04. The third-order valence-corrected chi connectivity index (χ3v) is 1.93. The van der Waals surface area contributed by atoms with Crippen molar-refractivity contribution in [1.29, 1.82) is 0 Å². The number of nitrogens with one attached hydrogen (secondary N) is 1. The van der Waals surface area contributed by atoms with Gasteiger partial charge in [0.2, 0.25) is 0 Å². The Labute approximate surface area is 87.8 Å². The molecule has 1 aromatic heterocycles. The summed E-state index contributed by atoms with van der Waals surface area (Å²) in [5.74, 6) is 0.0871. The number of nitrogens with zero attached hydrogens (tertiary/aromatic N) is 1. The Hall–Kier alpha value is -1.65. The monoisotopic (exact) mass is 210 g/mol. The van der Waals surface area contributed by atoms with E-state index < -0.39 is 0 Å². The van der Waals surface area contributed by atoms with Crippen molar-refractivity contribution in [3.05, 3.63) is 17.5 Å². The summed E-state index contributed by atoms with van der Waals surface area (Å²) in [6, 6.07) is 1.52. The Kier molecular flexibility index (Phi) is 3.60. The van der Waals surface area contributed by atoms with Crippen LogP contribution in [0.5, 0.6) is 0 Å². The number of hydrogen-bond donors (Lipinski definition) is 1. The average Bonchev–Trinajstić information content (AvgIpc) is 2.60. The maximum absolute atomic E-state index is 11.4. The zero-order valence-electron chi connectivity index (χ0n) is 9.03. The fraction of sp³-hybridized carbons (Fsp3) is 0.500. The first-order valence-corrected chi connectivity index (χ1v) is 4.75. The van der Waals surface area contributed by atoms with Gasteiger partial charge in [-0.25, -0.2) is 0 Å². The van der Waals surface area contributed by atoms with Gasteiger partial charge < -0.3 is 9.84 Å². The molecular formula is C10H14N2O3. The number of Topliss-reactive ketones (excluding diaryl/α,β-unsaturated/α-hetero) is 1. The Morgan fingerprint density at radius 3 is 2.67 bits per heavy atom. The molecule has 1 aromatic rings. The Morgan fingerprint density at radius 1 is 1.53 bits per heavy atom. The number of hydrogen-bond acceptors (Lipinski definition) is 4. The third kappa shape index (κ3) is 3.19. The Bertz CT molecular complexity index is 368. The van der Waals surface area contributed by atoms with Crippen molar-refractivity contribution in [2.45, 2.75) is 20.8 Å². The largest absolute Gasteiger partial charge is 0.361 e. The molecule has 1 heterocycles. The minimum atomic E-state index is -0.388. The molecule has 0 fully saturated rings. The molecule has 1 rings (SSSR count). The minimum absolute atomic E-state index is 0.0106. The molecule has 0 saturated carbocycles. The van der Waals surface area contributed by atoms with Crippen molar-refractivity contribution in [2.24, 2.45) is 5.92 Å². The van der Waals surface area contributed by atoms with Crippen LogP contribution in [0.25, 0.3) is 0 Å². The lowest BCUT2D eigenvalue weighted by Crippen LogP contribution is -2.31. The number of aryl methyl sites for hydroxylation is 1. The third-order valence-electron chi connectivity index (χ3n) is 1.93. The van der Waals surface area contributed by atoms with E-state index in [1.54, 1.807) is 20.8 Å². The van der Waals surface area contributed by atoms with E-state index in [0.29, 0.717) is 5.76 Å². The van der Waals surface area contributed by atoms with E-state index in [1.807, 2.05) is 0 Å². The van der Waals surface area contributed by atoms with E-state index in [2.05, 4.69) is 10.5 Å². The highest BCUT2D eigenvalue weighted by atomic mass is 16.5. The van der Waals surface area contributed by atoms with Crippen LogP contribution in [0.3, 0.4) is 0 Å². The molecule has 82 valence electrons. The van der Waals surface area contributed by atoms with Gasteiger partial charge in [0, 0.05) is 12.0 Å². The summed E-state index contributed by atoms with van der Waals surface area (Å²) in [5, 5.41) is 6.02. The molecule has 0 unspecified atom stereocenters. The molecule has 0 bridgehead atoms. The summed E-state index contributed by atoms with van der Waals surface area (Å²) in [6.07, 6.45) is 0. The van der Waals surface area contributed by atoms with Crippen molar-refractivity contribution < 1.29 is 14.1 Å². The van der Waals surface area contributed by atoms with Crippen LogP contribution in [0.1, 0.15) is 30.1 Å². The maximum atomic E-state index is 11.4. The van der Waals surface area contributed by atoms with Crippen molar-refractivity contribution in [1.82, 2.24) is 10.5 Å². The summed E-state index contributed by atoms with van der Waals surface area (Å²) in [4.78, 5) is 22.6. The number of carbonyl (C=O) groups excluding carboxylic acids is 2. The molecule has 15 heavy (non-hydrogen) atoms. The quantitative estimate of drug-likeness (QED) is 0.802. The van der Waals surface area contributed by atoms with Gasteiger partial charge in [-0.3, -0.25) is 9.59 Å². The van der Waals surface area contributed by atoms with Crippen LogP contribution in [-0.4, -0.2) is 23.4 Å². The van der Waals surface area contributed by atoms with Crippen LogP contribution in [-0.2, 0) is 4.79 Å². The number of ketones is 1. The van der Waals surface area contributed by atoms with Crippen molar-refractivity contribution >= 4 is 11.7 Å². The molecule has 0 aromatic carbocycles. The number of amides is 1. The highest BCUT2D eigenvalue weighted by Gasteiger charge is 2.13. The maximum Gasteiger partial charge on any atom is 0.273 e. The number of aromatic nitrogens is 1. The van der Waals surface area contributed by atoms with Gasteiger partial charge >= 0.3 is 0 Å². The number of carbonyl (C=O) groups is 2. The zero-order valence-corrected chi connectivity index (χ0v) is 9.03. The van der Waals surface area contributed by atoms with Gasteiger partial charge in [0.05, 0.1) is 6.54 Å². The van der Waals surface area contributed by atoms with E-state index in [1.165, 1.54) is 6.07 Å². The Morgan fingerprint density at radius 2 is 2.20 bits per heavy atom. The first kappa shape index (κ1) is 11.4. The Balaban J connectivity index is 2.47. The highest BCUT2D eigenvalue weighted by Crippen LogP contribution is 2.01. The smallest absolute Gasteiger partial charge is 0.273 e. The minimum Gasteiger partial charge on any atom is -0.361 e. The van der Waals surface area contributed by atoms with Crippen LogP contribution >= 0.6 is 0 Å². The van der Waals surface area contributed by atoms with Crippen LogP contribution in [0, 0.1) is 12.8 Å². The molecule has 0 saturated heterocycles. The van der Waals surface area contributed by atoms with Crippen LogP contribution < -0.4 is 5.32 Å². The van der Waals surface area contributed by atoms with Gasteiger partial charge in [-0.05, 0) is 6.92 Å². The molecule has 0 spiro atoms. The normalized spacial score (nSPS) is 10.4. The fourth-order valence-electron chi connectivity index (χ4n) is 0.935. The summed E-state index contributed by atoms with van der Waals surface area (Å²) in [5.41, 5.74) is 0.198. The van der Waals surface area contributed by atoms with Gasteiger partial charge in [-0.1, -0.05) is 19.0 Å². The molecule has 0 aliphatic rings. The molecule has 0 aliphatic heterocycles. The summed E-state index contributed by atoms with van der Waals surface area (Å²) in [7, 11) is 0. The number of rotatable bonds is 4. The van der Waals surface area contributed by atoms with Gasteiger partial charge in [0.25, 0.3) is 5.91 Å². The van der Waals surface area contributed by atoms with Crippen molar-refractivity contribution in [2.75, 3.05) is 6.54 Å². The van der Waals surface area contributed by atoms with Gasteiger partial charge in [-0.2, -0.15) is 0 Å². The second-order valence-corrected chi connectivity index (χ2v) is 3.63. The second kappa shape index (κ2) is 4.72. The predicted molar refractivity (Wildman–Crippen MR) is 53.4 cm³/mol. The molecular weight excluding hydrogens is 196 g/mol. The molecule has 0 aliphatic carbocycles. The molecule has 0 atom stereocenters. The fourth-order valence-corrected chi connectivity index (χ4v) is 0.935. The molecule has 0 radical (unpaired) electrons. The van der Waals surface area contributed by atoms with Gasteiger partial charge in [-0.15, -0.1) is 0 Å². The predicted octanol–water partition coefficient (Wildman–Crippen LogP) is 0.938. The first-order chi connectivity index (χ1) is 7.00. The second-order valence-electron chi connectivity index (χ2n) is 3.63. The topological polar surface area (TPSA) is 72.2 Å². The average molecular weight is 210 g/mol. The lowest BCUT2D eigenvalue weighted by atomic mass is 10.1. The molecule has 1 amide bonds. The van der Waals surface area contributed by atoms with E-state index in [0.717, 1.165) is 0 Å². The zero-order chi connectivity index (χ0) is 11.4. The highest BCUT2D eigenvalue weighted by molar-refractivity contribution is 5.95. The van der Waals surface area contributed by atoms with E-state index in [9.17, 15) is 9.59 Å². The summed E-state index contributed by atoms with van der Waals surface area (Å²) in [6.45, 7) is 5.30. The molecule has 5 heteroatoms. The van der Waals surface area contributed by atoms with Gasteiger partial charge in [0.15, 0.2) is 11.5 Å². The molecule has 5 nitrogen and oxygen atoms in total. The lowest BCUT2D eigenvalue weighted by molar-refractivity contribution is -0.120. The SMILES string of the molecule is Cc1cc(C(=O)NCC(=O)C(C)C)no1. The summed E-state index contributed by atoms with van der Waals surface area (Å²) >= 11 is 0. The van der Waals surface area contributed by atoms with Crippen LogP contribution in [0.15, 0.2) is 10.6 Å². The van der Waals surface area contributed by atoms with E-state index in [4.69, 9.17) is 4.52 Å².